The summed E-state index contributed by atoms with van der Waals surface area (Å²) in [4.78, 5) is 35.4. The second-order valence-electron chi connectivity index (χ2n) is 9.35. The van der Waals surface area contributed by atoms with Gasteiger partial charge in [0.2, 0.25) is 18.0 Å². The van der Waals surface area contributed by atoms with E-state index in [4.69, 9.17) is 23.7 Å². The van der Waals surface area contributed by atoms with Gasteiger partial charge in [-0.25, -0.2) is 13.8 Å². The summed E-state index contributed by atoms with van der Waals surface area (Å²) in [5.41, 5.74) is 0. The molecule has 13 atom stereocenters. The zero-order valence-corrected chi connectivity index (χ0v) is 22.4. The lowest BCUT2D eigenvalue weighted by Gasteiger charge is -2.48. The van der Waals surface area contributed by atoms with Gasteiger partial charge >= 0.3 is 22.3 Å². The number of ether oxygens (including phenoxy) is 5. The Morgan fingerprint density at radius 2 is 1.51 bits per heavy atom. The Bertz CT molecular complexity index is 1190. The van der Waals surface area contributed by atoms with Crippen molar-refractivity contribution >= 4 is 28.2 Å². The summed E-state index contributed by atoms with van der Waals surface area (Å²) in [5.74, 6) is -7.43. The van der Waals surface area contributed by atoms with Crippen LogP contribution in [0, 0.1) is 0 Å². The SMILES string of the molecule is CC(=O)N[C@H]1[C@H](O[C@H]2[C@H](O)[C@@H](O)C(O)O[C@@H]2C(=O)O)O[C@H](CO)[C@H](OS(=O)(=O)O)[C@@H]1O[C@@H]1OC(C(=O)O)=C(O)[C@H](O)[C@H]1O. The van der Waals surface area contributed by atoms with Crippen LogP contribution in [0.1, 0.15) is 6.92 Å². The summed E-state index contributed by atoms with van der Waals surface area (Å²) in [6.45, 7) is -0.305. The van der Waals surface area contributed by atoms with E-state index >= 15 is 0 Å². The molecule has 0 aromatic rings. The first-order chi connectivity index (χ1) is 19.9. The Morgan fingerprint density at radius 3 is 2.02 bits per heavy atom. The van der Waals surface area contributed by atoms with Crippen LogP contribution in [0.15, 0.2) is 11.5 Å². The fourth-order valence-electron chi connectivity index (χ4n) is 4.44. The lowest BCUT2D eigenvalue weighted by molar-refractivity contribution is -0.345. The first kappa shape index (κ1) is 34.7. The van der Waals surface area contributed by atoms with Gasteiger partial charge in [0.1, 0.15) is 54.9 Å². The molecule has 3 aliphatic heterocycles. The fraction of sp³-hybridized carbons (Fsp3) is 0.750. The van der Waals surface area contributed by atoms with Crippen molar-refractivity contribution in [3.05, 3.63) is 11.5 Å². The van der Waals surface area contributed by atoms with Gasteiger partial charge in [-0.15, -0.1) is 0 Å². The number of carbonyl (C=O) groups is 3. The topological polar surface area (TPSA) is 355 Å². The van der Waals surface area contributed by atoms with Gasteiger partial charge in [-0.05, 0) is 0 Å². The Hall–Kier alpha value is -2.78. The number of hydrogen-bond donors (Lipinski definition) is 11. The van der Waals surface area contributed by atoms with Crippen LogP contribution in [0.5, 0.6) is 0 Å². The Balaban J connectivity index is 2.08. The van der Waals surface area contributed by atoms with Gasteiger partial charge in [-0.2, -0.15) is 8.42 Å². The molecular weight excluding hydrogens is 622 g/mol. The molecule has 0 aromatic carbocycles. The summed E-state index contributed by atoms with van der Waals surface area (Å²) in [5, 5.41) is 91.4. The number of rotatable bonds is 10. The molecule has 3 heterocycles. The molecule has 22 nitrogen and oxygen atoms in total. The molecule has 43 heavy (non-hydrogen) atoms. The smallest absolute Gasteiger partial charge is 0.397 e. The number of carbonyl (C=O) groups excluding carboxylic acids is 1. The fourth-order valence-corrected chi connectivity index (χ4v) is 4.96. The second kappa shape index (κ2) is 13.5. The van der Waals surface area contributed by atoms with E-state index in [1.54, 1.807) is 0 Å². The number of carboxylic acids is 2. The van der Waals surface area contributed by atoms with Gasteiger partial charge in [0, 0.05) is 6.92 Å². The van der Waals surface area contributed by atoms with E-state index in [0.29, 0.717) is 0 Å². The normalized spacial score (nSPS) is 40.4. The van der Waals surface area contributed by atoms with Gasteiger partial charge in [0.25, 0.3) is 0 Å². The van der Waals surface area contributed by atoms with Crippen molar-refractivity contribution in [3.8, 4) is 0 Å². The minimum atomic E-state index is -5.46. The number of hydrogen-bond acceptors (Lipinski definition) is 18. The highest BCUT2D eigenvalue weighted by Crippen LogP contribution is 2.34. The van der Waals surface area contributed by atoms with Crippen LogP contribution in [0.3, 0.4) is 0 Å². The molecule has 11 N–H and O–H groups in total. The van der Waals surface area contributed by atoms with Crippen molar-refractivity contribution < 1.29 is 101 Å². The van der Waals surface area contributed by atoms with E-state index in [2.05, 4.69) is 9.50 Å². The third-order valence-corrected chi connectivity index (χ3v) is 6.83. The monoisotopic (exact) mass is 651 g/mol. The van der Waals surface area contributed by atoms with Crippen LogP contribution < -0.4 is 5.32 Å². The van der Waals surface area contributed by atoms with Crippen molar-refractivity contribution in [1.29, 1.82) is 0 Å². The van der Waals surface area contributed by atoms with Crippen LogP contribution in [0.2, 0.25) is 0 Å². The van der Waals surface area contributed by atoms with Gasteiger partial charge in [0.05, 0.1) is 6.61 Å². The first-order valence-corrected chi connectivity index (χ1v) is 13.4. The predicted molar refractivity (Wildman–Crippen MR) is 124 cm³/mol. The molecule has 0 bridgehead atoms. The predicted octanol–water partition coefficient (Wildman–Crippen LogP) is -6.38. The Morgan fingerprint density at radius 1 is 0.907 bits per heavy atom. The average Bonchev–Trinajstić information content (AvgIpc) is 2.90. The molecule has 246 valence electrons. The molecule has 2 saturated heterocycles. The largest absolute Gasteiger partial charge is 0.506 e. The zero-order chi connectivity index (χ0) is 32.5. The molecule has 1 amide bonds. The standard InChI is InChI=1S/C20H29NO21S/c1-3(23)21-5-12(39-20-10(28)6(24)7(25)14(41-20)16(29)30)11(42-43(34,35)36)4(2-22)37-19(5)40-13-8(26)9(27)18(33)38-15(13)17(31)32/h4-6,8-13,15,18-20,22,24-28,33H,2H2,1H3,(H,21,23)(H,29,30)(H,31,32)(H,34,35,36)/t4-,5-,6+,8-,9-,10-,11+,12-,13+,15+,18?,19+,20-/m1/s1. The molecule has 0 aromatic heterocycles. The maximum atomic E-state index is 12.1. The van der Waals surface area contributed by atoms with Gasteiger partial charge in [-0.3, -0.25) is 9.35 Å². The van der Waals surface area contributed by atoms with Crippen molar-refractivity contribution in [2.45, 2.75) is 86.8 Å². The molecular formula is C20H29NO21S. The molecule has 23 heteroatoms. The highest BCUT2D eigenvalue weighted by molar-refractivity contribution is 7.80. The summed E-state index contributed by atoms with van der Waals surface area (Å²) in [6.07, 6.45) is -26.3. The van der Waals surface area contributed by atoms with Gasteiger partial charge < -0.3 is 75.0 Å². The van der Waals surface area contributed by atoms with E-state index in [1.165, 1.54) is 0 Å². The van der Waals surface area contributed by atoms with Crippen LogP contribution in [0.4, 0.5) is 0 Å². The molecule has 3 rings (SSSR count). The van der Waals surface area contributed by atoms with Crippen molar-refractivity contribution in [2.75, 3.05) is 6.61 Å². The molecule has 2 fully saturated rings. The third-order valence-electron chi connectivity index (χ3n) is 6.36. The first-order valence-electron chi connectivity index (χ1n) is 12.0. The van der Waals surface area contributed by atoms with E-state index in [-0.39, 0.29) is 0 Å². The maximum absolute atomic E-state index is 12.1. The Kier molecular flexibility index (Phi) is 10.9. The number of aliphatic hydroxyl groups excluding tert-OH is 7. The number of nitrogens with one attached hydrogen (secondary N) is 1. The molecule has 1 unspecified atom stereocenters. The summed E-state index contributed by atoms with van der Waals surface area (Å²) >= 11 is 0. The number of carboxylic acid groups (broad SMARTS) is 2. The summed E-state index contributed by atoms with van der Waals surface area (Å²) in [6, 6.07) is -1.96. The third kappa shape index (κ3) is 7.66. The lowest BCUT2D eigenvalue weighted by atomic mass is 9.94. The van der Waals surface area contributed by atoms with E-state index < -0.39 is 126 Å². The van der Waals surface area contributed by atoms with Crippen molar-refractivity contribution in [2.24, 2.45) is 0 Å². The van der Waals surface area contributed by atoms with E-state index in [1.807, 2.05) is 0 Å². The van der Waals surface area contributed by atoms with Crippen molar-refractivity contribution in [1.82, 2.24) is 5.32 Å². The highest BCUT2D eigenvalue weighted by atomic mass is 32.3. The summed E-state index contributed by atoms with van der Waals surface area (Å²) in [7, 11) is -5.46. The van der Waals surface area contributed by atoms with Crippen LogP contribution >= 0.6 is 0 Å². The molecule has 0 radical (unpaired) electrons. The quantitative estimate of drug-likeness (QED) is 0.0978. The Labute approximate surface area is 240 Å². The molecule has 0 saturated carbocycles. The van der Waals surface area contributed by atoms with Gasteiger partial charge in [-0.1, -0.05) is 0 Å². The average molecular weight is 652 g/mol. The van der Waals surface area contributed by atoms with Crippen LogP contribution in [0.25, 0.3) is 0 Å². The minimum Gasteiger partial charge on any atom is -0.506 e. The van der Waals surface area contributed by atoms with E-state index in [0.717, 1.165) is 6.92 Å². The number of aliphatic carboxylic acids is 2. The number of amides is 1. The summed E-state index contributed by atoms with van der Waals surface area (Å²) < 4.78 is 63.3. The molecule has 3 aliphatic rings. The molecule has 0 aliphatic carbocycles. The van der Waals surface area contributed by atoms with E-state index in [9.17, 15) is 73.3 Å². The zero-order valence-electron chi connectivity index (χ0n) is 21.6. The van der Waals surface area contributed by atoms with Crippen LogP contribution in [-0.4, -0.2) is 163 Å². The molecule has 0 spiro atoms. The highest BCUT2D eigenvalue weighted by Gasteiger charge is 2.56. The second-order valence-corrected chi connectivity index (χ2v) is 10.4. The number of aliphatic hydroxyl groups is 7. The van der Waals surface area contributed by atoms with Crippen molar-refractivity contribution in [3.63, 3.8) is 0 Å². The minimum absolute atomic E-state index is 0.892. The van der Waals surface area contributed by atoms with Gasteiger partial charge in [0.15, 0.2) is 24.4 Å². The van der Waals surface area contributed by atoms with Crippen LogP contribution in [-0.2, 0) is 52.7 Å². The lowest BCUT2D eigenvalue weighted by Crippen LogP contribution is -2.69. The maximum Gasteiger partial charge on any atom is 0.397 e.